The number of carbonyl (C=O) groups is 2. The minimum Gasteiger partial charge on any atom is -0.507 e. The Balaban J connectivity index is 1.66. The number of carboxylic acids is 1. The predicted molar refractivity (Wildman–Crippen MR) is 90.9 cm³/mol. The first kappa shape index (κ1) is 17.5. The number of piperidine rings is 1. The first-order valence-corrected chi connectivity index (χ1v) is 8.44. The van der Waals surface area contributed by atoms with E-state index in [1.54, 1.807) is 17.0 Å². The first-order valence-electron chi connectivity index (χ1n) is 8.44. The third-order valence-electron chi connectivity index (χ3n) is 5.57. The average molecular weight is 348 g/mol. The lowest BCUT2D eigenvalue weighted by Crippen LogP contribution is -2.44. The van der Waals surface area contributed by atoms with Crippen molar-refractivity contribution in [2.45, 2.75) is 25.3 Å². The maximum absolute atomic E-state index is 12.7. The highest BCUT2D eigenvalue weighted by Gasteiger charge is 2.47. The third kappa shape index (κ3) is 3.28. The van der Waals surface area contributed by atoms with Crippen LogP contribution in [0.25, 0.3) is 0 Å². The Morgan fingerprint density at radius 1 is 1.28 bits per heavy atom. The quantitative estimate of drug-likeness (QED) is 0.858. The van der Waals surface area contributed by atoms with E-state index in [0.717, 1.165) is 19.4 Å². The molecule has 2 heterocycles. The average Bonchev–Trinajstić information content (AvgIpc) is 2.91. The van der Waals surface area contributed by atoms with Crippen LogP contribution in [0.5, 0.6) is 11.5 Å². The zero-order valence-electron chi connectivity index (χ0n) is 14.6. The normalized spacial score (nSPS) is 23.0. The molecule has 1 aromatic carbocycles. The number of aromatic hydroxyl groups is 1. The van der Waals surface area contributed by atoms with Crippen molar-refractivity contribution >= 4 is 11.9 Å². The van der Waals surface area contributed by atoms with Gasteiger partial charge in [0.15, 0.2) is 0 Å². The molecular formula is C18H24N2O5. The molecule has 0 saturated carbocycles. The number of likely N-dealkylation sites (tertiary alicyclic amines) is 2. The fourth-order valence-electron chi connectivity index (χ4n) is 4.08. The van der Waals surface area contributed by atoms with Gasteiger partial charge in [0, 0.05) is 25.7 Å². The van der Waals surface area contributed by atoms with Gasteiger partial charge in [-0.1, -0.05) is 0 Å². The minimum atomic E-state index is -0.777. The summed E-state index contributed by atoms with van der Waals surface area (Å²) >= 11 is 0. The molecule has 0 aliphatic carbocycles. The van der Waals surface area contributed by atoms with Crippen LogP contribution in [-0.4, -0.2) is 71.7 Å². The number of aliphatic carboxylic acids is 1. The number of carboxylic acid groups (broad SMARTS) is 1. The van der Waals surface area contributed by atoms with E-state index in [0.29, 0.717) is 25.3 Å². The van der Waals surface area contributed by atoms with E-state index in [1.807, 2.05) is 11.9 Å². The molecule has 1 aromatic rings. The van der Waals surface area contributed by atoms with Crippen molar-refractivity contribution in [2.75, 3.05) is 33.8 Å². The fraction of sp³-hybridized carbons (Fsp3) is 0.556. The van der Waals surface area contributed by atoms with Crippen molar-refractivity contribution in [3.05, 3.63) is 23.8 Å². The van der Waals surface area contributed by atoms with Gasteiger partial charge in [0.25, 0.3) is 5.91 Å². The number of amides is 1. The molecule has 7 heteroatoms. The SMILES string of the molecule is COc1ccc(C(=O)N2CCC3(CC2)C[C@@H](C(=O)O)N(C)C3)c(O)c1. The number of methoxy groups -OCH3 is 1. The van der Waals surface area contributed by atoms with Crippen LogP contribution >= 0.6 is 0 Å². The summed E-state index contributed by atoms with van der Waals surface area (Å²) in [5, 5.41) is 19.4. The standard InChI is InChI=1S/C18H24N2O5/c1-19-11-18(10-14(19)17(23)24)5-7-20(8-6-18)16(22)13-4-3-12(25-2)9-15(13)21/h3-4,9,14,21H,5-8,10-11H2,1-2H3,(H,23,24)/t14-/m0/s1. The van der Waals surface area contributed by atoms with Gasteiger partial charge < -0.3 is 19.8 Å². The van der Waals surface area contributed by atoms with Gasteiger partial charge in [-0.3, -0.25) is 14.5 Å². The highest BCUT2D eigenvalue weighted by atomic mass is 16.5. The van der Waals surface area contributed by atoms with Gasteiger partial charge >= 0.3 is 5.97 Å². The Labute approximate surface area is 146 Å². The van der Waals surface area contributed by atoms with E-state index >= 15 is 0 Å². The lowest BCUT2D eigenvalue weighted by molar-refractivity contribution is -0.141. The zero-order chi connectivity index (χ0) is 18.2. The molecule has 1 amide bonds. The topological polar surface area (TPSA) is 90.3 Å². The van der Waals surface area contributed by atoms with Crippen molar-refractivity contribution in [2.24, 2.45) is 5.41 Å². The van der Waals surface area contributed by atoms with Crippen LogP contribution in [0.4, 0.5) is 0 Å². The van der Waals surface area contributed by atoms with E-state index in [-0.39, 0.29) is 22.6 Å². The van der Waals surface area contributed by atoms with Gasteiger partial charge in [-0.15, -0.1) is 0 Å². The van der Waals surface area contributed by atoms with Gasteiger partial charge in [-0.05, 0) is 43.9 Å². The number of hydrogen-bond acceptors (Lipinski definition) is 5. The van der Waals surface area contributed by atoms with Crippen LogP contribution in [0.1, 0.15) is 29.6 Å². The summed E-state index contributed by atoms with van der Waals surface area (Å²) in [7, 11) is 3.35. The van der Waals surface area contributed by atoms with Crippen molar-refractivity contribution in [1.82, 2.24) is 9.80 Å². The number of rotatable bonds is 3. The van der Waals surface area contributed by atoms with Crippen molar-refractivity contribution in [3.63, 3.8) is 0 Å². The van der Waals surface area contributed by atoms with Crippen LogP contribution < -0.4 is 4.74 Å². The Kier molecular flexibility index (Phi) is 4.60. The first-order chi connectivity index (χ1) is 11.8. The number of likely N-dealkylation sites (N-methyl/N-ethyl adjacent to an activating group) is 1. The highest BCUT2D eigenvalue weighted by molar-refractivity contribution is 5.97. The summed E-state index contributed by atoms with van der Waals surface area (Å²) in [5.41, 5.74) is 0.236. The van der Waals surface area contributed by atoms with Gasteiger partial charge in [0.05, 0.1) is 12.7 Å². The zero-order valence-corrected chi connectivity index (χ0v) is 14.6. The molecular weight excluding hydrogens is 324 g/mol. The second kappa shape index (κ2) is 6.55. The van der Waals surface area contributed by atoms with Crippen molar-refractivity contribution in [1.29, 1.82) is 0 Å². The molecule has 7 nitrogen and oxygen atoms in total. The van der Waals surface area contributed by atoms with Crippen LogP contribution in [0.3, 0.4) is 0 Å². The Morgan fingerprint density at radius 2 is 1.96 bits per heavy atom. The van der Waals surface area contributed by atoms with Gasteiger partial charge in [-0.25, -0.2) is 0 Å². The van der Waals surface area contributed by atoms with E-state index in [4.69, 9.17) is 4.74 Å². The smallest absolute Gasteiger partial charge is 0.320 e. The predicted octanol–water partition coefficient (Wildman–Crippen LogP) is 1.41. The maximum Gasteiger partial charge on any atom is 0.320 e. The Bertz CT molecular complexity index is 682. The van der Waals surface area contributed by atoms with Crippen LogP contribution in [0.2, 0.25) is 0 Å². The molecule has 0 bridgehead atoms. The Hall–Kier alpha value is -2.28. The molecule has 136 valence electrons. The summed E-state index contributed by atoms with van der Waals surface area (Å²) < 4.78 is 5.04. The number of carbonyl (C=O) groups excluding carboxylic acids is 1. The Morgan fingerprint density at radius 3 is 2.48 bits per heavy atom. The van der Waals surface area contributed by atoms with Gasteiger partial charge in [0.1, 0.15) is 17.5 Å². The lowest BCUT2D eigenvalue weighted by Gasteiger charge is -2.39. The van der Waals surface area contributed by atoms with Gasteiger partial charge in [0.2, 0.25) is 0 Å². The molecule has 0 radical (unpaired) electrons. The van der Waals surface area contributed by atoms with E-state index in [2.05, 4.69) is 0 Å². The number of benzene rings is 1. The van der Waals surface area contributed by atoms with Crippen molar-refractivity contribution < 1.29 is 24.5 Å². The largest absolute Gasteiger partial charge is 0.507 e. The summed E-state index contributed by atoms with van der Waals surface area (Å²) in [6.07, 6.45) is 2.20. The fourth-order valence-corrected chi connectivity index (χ4v) is 4.08. The van der Waals surface area contributed by atoms with Crippen LogP contribution in [0, 0.1) is 5.41 Å². The summed E-state index contributed by atoms with van der Waals surface area (Å²) in [5.74, 6) is -0.561. The summed E-state index contributed by atoms with van der Waals surface area (Å²) in [4.78, 5) is 27.7. The monoisotopic (exact) mass is 348 g/mol. The maximum atomic E-state index is 12.7. The number of nitrogens with zero attached hydrogens (tertiary/aromatic N) is 2. The molecule has 2 fully saturated rings. The van der Waals surface area contributed by atoms with Crippen LogP contribution in [0.15, 0.2) is 18.2 Å². The molecule has 2 saturated heterocycles. The third-order valence-corrected chi connectivity index (χ3v) is 5.57. The molecule has 25 heavy (non-hydrogen) atoms. The molecule has 2 N–H and O–H groups in total. The molecule has 0 unspecified atom stereocenters. The molecule has 3 rings (SSSR count). The second-order valence-electron chi connectivity index (χ2n) is 7.15. The van der Waals surface area contributed by atoms with Crippen LogP contribution in [-0.2, 0) is 4.79 Å². The molecule has 1 spiro atoms. The number of ether oxygens (including phenoxy) is 1. The molecule has 1 atom stereocenters. The van der Waals surface area contributed by atoms with E-state index < -0.39 is 12.0 Å². The molecule has 0 aromatic heterocycles. The van der Waals surface area contributed by atoms with Crippen molar-refractivity contribution in [3.8, 4) is 11.5 Å². The minimum absolute atomic E-state index is 0.0312. The molecule has 2 aliphatic rings. The number of hydrogen-bond donors (Lipinski definition) is 2. The lowest BCUT2D eigenvalue weighted by atomic mass is 9.76. The summed E-state index contributed by atoms with van der Waals surface area (Å²) in [6, 6.07) is 4.22. The summed E-state index contributed by atoms with van der Waals surface area (Å²) in [6.45, 7) is 1.90. The second-order valence-corrected chi connectivity index (χ2v) is 7.15. The van der Waals surface area contributed by atoms with E-state index in [1.165, 1.54) is 13.2 Å². The van der Waals surface area contributed by atoms with E-state index in [9.17, 15) is 19.8 Å². The number of phenolic OH excluding ortho intramolecular Hbond substituents is 1. The number of phenols is 1. The van der Waals surface area contributed by atoms with Gasteiger partial charge in [-0.2, -0.15) is 0 Å². The highest BCUT2D eigenvalue weighted by Crippen LogP contribution is 2.43. The molecule has 2 aliphatic heterocycles.